The van der Waals surface area contributed by atoms with Gasteiger partial charge in [0.1, 0.15) is 0 Å². The van der Waals surface area contributed by atoms with Gasteiger partial charge in [-0.3, -0.25) is 0 Å². The Hall–Kier alpha value is -0.540. The van der Waals surface area contributed by atoms with E-state index in [9.17, 15) is 0 Å². The van der Waals surface area contributed by atoms with Crippen LogP contribution >= 0.6 is 15.9 Å². The predicted molar refractivity (Wildman–Crippen MR) is 61.5 cm³/mol. The molecule has 2 nitrogen and oxygen atoms in total. The fourth-order valence-corrected chi connectivity index (χ4v) is 1.91. The fraction of sp³-hybridized carbons (Fsp3) is 0.455. The molecular weight excluding hydrogens is 242 g/mol. The zero-order chi connectivity index (χ0) is 9.97. The Morgan fingerprint density at radius 1 is 1.50 bits per heavy atom. The van der Waals surface area contributed by atoms with E-state index in [0.717, 1.165) is 4.47 Å². The summed E-state index contributed by atoms with van der Waals surface area (Å²) in [5.74, 6) is 0. The highest BCUT2D eigenvalue weighted by Gasteiger charge is 2.22. The molecule has 0 radical (unpaired) electrons. The van der Waals surface area contributed by atoms with E-state index in [-0.39, 0.29) is 0 Å². The highest BCUT2D eigenvalue weighted by molar-refractivity contribution is 9.10. The van der Waals surface area contributed by atoms with Crippen molar-refractivity contribution in [2.75, 3.05) is 12.4 Å². The van der Waals surface area contributed by atoms with E-state index in [1.165, 1.54) is 24.1 Å². The van der Waals surface area contributed by atoms with Gasteiger partial charge in [-0.1, -0.05) is 22.0 Å². The minimum Gasteiger partial charge on any atom is -0.382 e. The molecule has 0 saturated heterocycles. The number of benzene rings is 1. The number of anilines is 1. The van der Waals surface area contributed by atoms with Gasteiger partial charge in [-0.25, -0.2) is 0 Å². The van der Waals surface area contributed by atoms with Gasteiger partial charge in [0, 0.05) is 28.9 Å². The van der Waals surface area contributed by atoms with Gasteiger partial charge in [0.05, 0.1) is 6.61 Å². The van der Waals surface area contributed by atoms with Crippen LogP contribution in [-0.4, -0.2) is 13.2 Å². The first kappa shape index (κ1) is 9.99. The number of hydrogen-bond acceptors (Lipinski definition) is 2. The molecule has 0 heterocycles. The van der Waals surface area contributed by atoms with E-state index in [4.69, 9.17) is 4.74 Å². The summed E-state index contributed by atoms with van der Waals surface area (Å²) in [7, 11) is 1.72. The van der Waals surface area contributed by atoms with Crippen molar-refractivity contribution in [2.45, 2.75) is 25.5 Å². The number of nitrogens with one attached hydrogen (secondary N) is 1. The van der Waals surface area contributed by atoms with E-state index in [1.54, 1.807) is 7.11 Å². The highest BCUT2D eigenvalue weighted by atomic mass is 79.9. The number of halogens is 1. The Labute approximate surface area is 92.8 Å². The van der Waals surface area contributed by atoms with Crippen LogP contribution < -0.4 is 5.32 Å². The van der Waals surface area contributed by atoms with Crippen molar-refractivity contribution in [2.24, 2.45) is 0 Å². The third kappa shape index (κ3) is 2.28. The topological polar surface area (TPSA) is 21.3 Å². The number of methoxy groups -OCH3 is 1. The third-order valence-electron chi connectivity index (χ3n) is 2.34. The monoisotopic (exact) mass is 255 g/mol. The van der Waals surface area contributed by atoms with Crippen molar-refractivity contribution in [3.05, 3.63) is 28.2 Å². The van der Waals surface area contributed by atoms with E-state index in [2.05, 4.69) is 27.3 Å². The highest BCUT2D eigenvalue weighted by Crippen LogP contribution is 2.30. The van der Waals surface area contributed by atoms with Gasteiger partial charge >= 0.3 is 0 Å². The molecular formula is C11H14BrNO. The molecule has 0 spiro atoms. The molecule has 0 atom stereocenters. The van der Waals surface area contributed by atoms with Crippen molar-refractivity contribution in [1.82, 2.24) is 0 Å². The number of ether oxygens (including phenoxy) is 1. The zero-order valence-electron chi connectivity index (χ0n) is 8.22. The molecule has 1 aromatic rings. The third-order valence-corrected chi connectivity index (χ3v) is 3.09. The molecule has 0 amide bonds. The summed E-state index contributed by atoms with van der Waals surface area (Å²) in [4.78, 5) is 0. The first-order valence-corrected chi connectivity index (χ1v) is 5.63. The molecule has 76 valence electrons. The molecule has 1 aliphatic carbocycles. The molecule has 1 aromatic carbocycles. The summed E-state index contributed by atoms with van der Waals surface area (Å²) in [5, 5.41) is 3.50. The van der Waals surface area contributed by atoms with Crippen molar-refractivity contribution in [1.29, 1.82) is 0 Å². The minimum absolute atomic E-state index is 0.649. The van der Waals surface area contributed by atoms with Crippen molar-refractivity contribution in [3.8, 4) is 0 Å². The van der Waals surface area contributed by atoms with Gasteiger partial charge in [-0.2, -0.15) is 0 Å². The summed E-state index contributed by atoms with van der Waals surface area (Å²) < 4.78 is 6.30. The van der Waals surface area contributed by atoms with E-state index < -0.39 is 0 Å². The van der Waals surface area contributed by atoms with Crippen LogP contribution in [0.2, 0.25) is 0 Å². The van der Waals surface area contributed by atoms with Crippen LogP contribution in [0.5, 0.6) is 0 Å². The van der Waals surface area contributed by atoms with Crippen LogP contribution in [0.15, 0.2) is 22.7 Å². The van der Waals surface area contributed by atoms with E-state index in [1.807, 2.05) is 12.1 Å². The van der Waals surface area contributed by atoms with Gasteiger partial charge in [-0.15, -0.1) is 0 Å². The van der Waals surface area contributed by atoms with Gasteiger partial charge in [0.2, 0.25) is 0 Å². The van der Waals surface area contributed by atoms with Gasteiger partial charge in [-0.05, 0) is 25.0 Å². The first-order chi connectivity index (χ1) is 6.81. The quantitative estimate of drug-likeness (QED) is 0.893. The maximum atomic E-state index is 5.18. The SMILES string of the molecule is COCc1c(Br)cccc1NC1CC1. The molecule has 14 heavy (non-hydrogen) atoms. The lowest BCUT2D eigenvalue weighted by molar-refractivity contribution is 0.185. The summed E-state index contributed by atoms with van der Waals surface area (Å²) >= 11 is 3.54. The van der Waals surface area contributed by atoms with Crippen LogP contribution in [0.4, 0.5) is 5.69 Å². The summed E-state index contributed by atoms with van der Waals surface area (Å²) in [6, 6.07) is 6.89. The second-order valence-electron chi connectivity index (χ2n) is 3.62. The normalized spacial score (nSPS) is 15.6. The zero-order valence-corrected chi connectivity index (χ0v) is 9.80. The molecule has 1 N–H and O–H groups in total. The maximum Gasteiger partial charge on any atom is 0.0744 e. The van der Waals surface area contributed by atoms with Crippen LogP contribution in [0.3, 0.4) is 0 Å². The van der Waals surface area contributed by atoms with Gasteiger partial charge < -0.3 is 10.1 Å². The lowest BCUT2D eigenvalue weighted by Gasteiger charge is -2.12. The fourth-order valence-electron chi connectivity index (χ4n) is 1.43. The maximum absolute atomic E-state index is 5.18. The van der Waals surface area contributed by atoms with E-state index in [0.29, 0.717) is 12.6 Å². The Kier molecular flexibility index (Phi) is 3.08. The second kappa shape index (κ2) is 4.32. The molecule has 0 aliphatic heterocycles. The lowest BCUT2D eigenvalue weighted by atomic mass is 10.2. The van der Waals surface area contributed by atoms with Crippen molar-refractivity contribution in [3.63, 3.8) is 0 Å². The molecule has 1 fully saturated rings. The Balaban J connectivity index is 2.21. The first-order valence-electron chi connectivity index (χ1n) is 4.84. The number of rotatable bonds is 4. The largest absolute Gasteiger partial charge is 0.382 e. The van der Waals surface area contributed by atoms with E-state index >= 15 is 0 Å². The summed E-state index contributed by atoms with van der Waals surface area (Å²) in [6.07, 6.45) is 2.58. The van der Waals surface area contributed by atoms with Crippen molar-refractivity contribution < 1.29 is 4.74 Å². The van der Waals surface area contributed by atoms with Crippen LogP contribution in [-0.2, 0) is 11.3 Å². The summed E-state index contributed by atoms with van der Waals surface area (Å²) in [5.41, 5.74) is 2.41. The predicted octanol–water partition coefficient (Wildman–Crippen LogP) is 3.17. The molecule has 2 rings (SSSR count). The van der Waals surface area contributed by atoms with Crippen molar-refractivity contribution >= 4 is 21.6 Å². The molecule has 0 bridgehead atoms. The molecule has 3 heteroatoms. The number of hydrogen-bond donors (Lipinski definition) is 1. The lowest BCUT2D eigenvalue weighted by Crippen LogP contribution is -2.05. The Bertz CT molecular complexity index is 323. The van der Waals surface area contributed by atoms with Gasteiger partial charge in [0.15, 0.2) is 0 Å². The average Bonchev–Trinajstić information content (AvgIpc) is 2.95. The Morgan fingerprint density at radius 3 is 2.93 bits per heavy atom. The van der Waals surface area contributed by atoms with Crippen LogP contribution in [0.1, 0.15) is 18.4 Å². The smallest absolute Gasteiger partial charge is 0.0744 e. The second-order valence-corrected chi connectivity index (χ2v) is 4.47. The average molecular weight is 256 g/mol. The van der Waals surface area contributed by atoms with Crippen LogP contribution in [0.25, 0.3) is 0 Å². The summed E-state index contributed by atoms with van der Waals surface area (Å²) in [6.45, 7) is 0.649. The molecule has 0 aromatic heterocycles. The molecule has 0 unspecified atom stereocenters. The van der Waals surface area contributed by atoms with Crippen LogP contribution in [0, 0.1) is 0 Å². The minimum atomic E-state index is 0.649. The standard InChI is InChI=1S/C11H14BrNO/c1-14-7-9-10(12)3-2-4-11(9)13-8-5-6-8/h2-4,8,13H,5-7H2,1H3. The van der Waals surface area contributed by atoms with Gasteiger partial charge in [0.25, 0.3) is 0 Å². The molecule has 1 saturated carbocycles. The molecule has 1 aliphatic rings. The Morgan fingerprint density at radius 2 is 2.29 bits per heavy atom.